The number of likely N-dealkylation sites (N-methyl/N-ethyl adjacent to an activating group) is 1. The third-order valence-electron chi connectivity index (χ3n) is 12.5. The van der Waals surface area contributed by atoms with Crippen LogP contribution in [0.3, 0.4) is 0 Å². The molecule has 56 heavy (non-hydrogen) atoms. The molecule has 0 saturated heterocycles. The van der Waals surface area contributed by atoms with Gasteiger partial charge in [0.15, 0.2) is 22.5 Å². The van der Waals surface area contributed by atoms with Gasteiger partial charge in [0.1, 0.15) is 5.82 Å². The molecule has 4 aliphatic carbocycles. The van der Waals surface area contributed by atoms with Crippen LogP contribution in [0.1, 0.15) is 85.5 Å². The van der Waals surface area contributed by atoms with Crippen LogP contribution in [-0.4, -0.2) is 99.0 Å². The molecule has 4 heterocycles. The Morgan fingerprint density at radius 3 is 2.70 bits per heavy atom. The lowest BCUT2D eigenvalue weighted by Gasteiger charge is -2.61. The van der Waals surface area contributed by atoms with Crippen LogP contribution in [-0.2, 0) is 11.2 Å². The number of ether oxygens (including phenoxy) is 1. The summed E-state index contributed by atoms with van der Waals surface area (Å²) in [7, 11) is 2.08. The first-order valence-corrected chi connectivity index (χ1v) is 20.8. The van der Waals surface area contributed by atoms with Gasteiger partial charge in [-0.05, 0) is 120 Å². The molecule has 3 aromatic heterocycles. The van der Waals surface area contributed by atoms with Gasteiger partial charge >= 0.3 is 5.97 Å². The van der Waals surface area contributed by atoms with Crippen molar-refractivity contribution in [3.8, 4) is 0 Å². The Hall–Kier alpha value is -4.50. The van der Waals surface area contributed by atoms with Crippen LogP contribution in [0.4, 0.5) is 22.6 Å². The Morgan fingerprint density at radius 2 is 1.95 bits per heavy atom. The smallest absolute Gasteiger partial charge is 0.355 e. The Kier molecular flexibility index (Phi) is 10.8. The number of rotatable bonds is 15. The van der Waals surface area contributed by atoms with Gasteiger partial charge in [0.25, 0.3) is 0 Å². The summed E-state index contributed by atoms with van der Waals surface area (Å²) < 4.78 is 7.85. The van der Waals surface area contributed by atoms with Crippen molar-refractivity contribution < 1.29 is 19.7 Å². The van der Waals surface area contributed by atoms with Gasteiger partial charge in [0, 0.05) is 67.0 Å². The number of benzene rings is 1. The molecule has 0 radical (unpaired) electrons. The van der Waals surface area contributed by atoms with E-state index in [9.17, 15) is 15.0 Å². The number of carboxylic acids is 1. The maximum absolute atomic E-state index is 12.8. The van der Waals surface area contributed by atoms with Gasteiger partial charge in [0.2, 0.25) is 0 Å². The number of aromatic carboxylic acids is 1. The molecule has 2 unspecified atom stereocenters. The zero-order valence-corrected chi connectivity index (χ0v) is 33.4. The number of nitrogens with one attached hydrogen (secondary N) is 1. The van der Waals surface area contributed by atoms with Crippen molar-refractivity contribution in [2.24, 2.45) is 28.0 Å². The second-order valence-corrected chi connectivity index (χ2v) is 17.6. The highest BCUT2D eigenvalue weighted by Crippen LogP contribution is 2.63. The largest absolute Gasteiger partial charge is 0.476 e. The molecule has 5 aliphatic rings. The number of hydrogen-bond donors (Lipinski definition) is 4. The van der Waals surface area contributed by atoms with Gasteiger partial charge in [-0.2, -0.15) is 0 Å². The minimum Gasteiger partial charge on any atom is -0.476 e. The molecule has 4 fully saturated rings. The maximum atomic E-state index is 12.8. The topological polar surface area (TPSA) is 175 Å². The van der Waals surface area contributed by atoms with Gasteiger partial charge in [0.05, 0.1) is 22.4 Å². The Labute approximate surface area is 332 Å². The van der Waals surface area contributed by atoms with Gasteiger partial charge in [-0.3, -0.25) is 4.99 Å². The lowest BCUT2D eigenvalue weighted by Crippen LogP contribution is -2.58. The molecule has 13 nitrogen and oxygen atoms in total. The average Bonchev–Trinajstić information content (AvgIpc) is 3.59. The highest BCUT2D eigenvalue weighted by molar-refractivity contribution is 7.22. The lowest BCUT2D eigenvalue weighted by molar-refractivity contribution is -0.191. The fraction of sp³-hybridized carbons (Fsp3) is 0.524. The van der Waals surface area contributed by atoms with Crippen molar-refractivity contribution in [2.45, 2.75) is 77.2 Å². The van der Waals surface area contributed by atoms with Crippen LogP contribution >= 0.6 is 11.3 Å². The molecule has 1 aromatic carbocycles. The molecule has 9 rings (SSSR count). The minimum absolute atomic E-state index is 0.0656. The number of carboxylic acid groups (broad SMARTS) is 1. The number of nitrogens with two attached hydrogens (primary N) is 1. The summed E-state index contributed by atoms with van der Waals surface area (Å²) in [6, 6.07) is 11.7. The van der Waals surface area contributed by atoms with Crippen LogP contribution in [0.2, 0.25) is 0 Å². The summed E-state index contributed by atoms with van der Waals surface area (Å²) >= 11 is 1.57. The number of hydrogen-bond acceptors (Lipinski definition) is 13. The molecule has 4 aromatic rings. The van der Waals surface area contributed by atoms with Gasteiger partial charge in [-0.1, -0.05) is 23.5 Å². The number of anilines is 4. The number of aliphatic imine (C=N–C) groups is 1. The third kappa shape index (κ3) is 7.63. The number of aromatic nitrogens is 4. The second-order valence-electron chi connectivity index (χ2n) is 16.6. The van der Waals surface area contributed by atoms with Crippen molar-refractivity contribution in [2.75, 3.05) is 56.7 Å². The molecule has 1 aliphatic heterocycles. The monoisotopic (exact) mass is 779 g/mol. The summed E-state index contributed by atoms with van der Waals surface area (Å²) in [6.07, 6.45) is 10.7. The number of pyridine rings is 1. The van der Waals surface area contributed by atoms with Crippen LogP contribution in [0.5, 0.6) is 0 Å². The van der Waals surface area contributed by atoms with Gasteiger partial charge < -0.3 is 35.8 Å². The average molecular weight is 780 g/mol. The van der Waals surface area contributed by atoms with E-state index in [4.69, 9.17) is 25.4 Å². The lowest BCUT2D eigenvalue weighted by atomic mass is 9.48. The number of thiazole rings is 1. The van der Waals surface area contributed by atoms with E-state index in [-0.39, 0.29) is 23.3 Å². The standard InChI is InChI=1S/C42H53N9O4S/c1-26-30-8-6-14-51(38(30)49-48-37(26)47-40-45-33-9-4-5-10-34(33)56-40)35-12-11-31(36(46-35)39(53)54)32(23-43)27(2)44-25-41-19-28-18-29(20-41)22-42(21-28,24-41)55-17-15-50(3)13-7-16-52/h4-5,9-12,23,28-29,52H,6-8,13-22,24-25,43H2,1-3H3,(H,53,54)(H,45,47,48)/b32-23+,44-27?. The van der Waals surface area contributed by atoms with Gasteiger partial charge in [-0.15, -0.1) is 10.2 Å². The second kappa shape index (κ2) is 15.8. The summed E-state index contributed by atoms with van der Waals surface area (Å²) in [5.74, 6) is 1.99. The Bertz CT molecular complexity index is 2120. The number of aliphatic hydroxyl groups excluding tert-OH is 1. The highest BCUT2D eigenvalue weighted by atomic mass is 32.1. The first-order chi connectivity index (χ1) is 27.1. The summed E-state index contributed by atoms with van der Waals surface area (Å²) in [4.78, 5) is 31.6. The van der Waals surface area contributed by atoms with Crippen molar-refractivity contribution in [1.29, 1.82) is 0 Å². The van der Waals surface area contributed by atoms with E-state index in [2.05, 4.69) is 27.5 Å². The van der Waals surface area contributed by atoms with Crippen molar-refractivity contribution >= 4 is 61.4 Å². The van der Waals surface area contributed by atoms with Crippen molar-refractivity contribution in [3.63, 3.8) is 0 Å². The van der Waals surface area contributed by atoms with Crippen molar-refractivity contribution in [3.05, 3.63) is 65.0 Å². The van der Waals surface area contributed by atoms with Crippen molar-refractivity contribution in [1.82, 2.24) is 25.1 Å². The molecule has 296 valence electrons. The first kappa shape index (κ1) is 38.4. The number of fused-ring (bicyclic) bond motifs is 2. The molecular formula is C42H53N9O4S. The number of aliphatic hydroxyl groups is 1. The van der Waals surface area contributed by atoms with Crippen LogP contribution in [0, 0.1) is 24.2 Å². The molecular weight excluding hydrogens is 727 g/mol. The summed E-state index contributed by atoms with van der Waals surface area (Å²) in [6.45, 7) is 7.87. The highest BCUT2D eigenvalue weighted by Gasteiger charge is 2.58. The van der Waals surface area contributed by atoms with E-state index in [0.29, 0.717) is 65.8 Å². The predicted molar refractivity (Wildman–Crippen MR) is 221 cm³/mol. The van der Waals surface area contributed by atoms with Crippen LogP contribution < -0.4 is 16.0 Å². The first-order valence-electron chi connectivity index (χ1n) is 20.0. The van der Waals surface area contributed by atoms with Gasteiger partial charge in [-0.25, -0.2) is 14.8 Å². The molecule has 2 atom stereocenters. The fourth-order valence-electron chi connectivity index (χ4n) is 10.3. The van der Waals surface area contributed by atoms with Crippen LogP contribution in [0.15, 0.2) is 47.6 Å². The maximum Gasteiger partial charge on any atom is 0.355 e. The molecule has 0 spiro atoms. The molecule has 5 N–H and O–H groups in total. The quantitative estimate of drug-likeness (QED) is 0.0937. The number of allylic oxidation sites excluding steroid dienone is 1. The molecule has 4 saturated carbocycles. The predicted octanol–water partition coefficient (Wildman–Crippen LogP) is 6.75. The third-order valence-corrected chi connectivity index (χ3v) is 13.4. The zero-order valence-electron chi connectivity index (χ0n) is 32.6. The summed E-state index contributed by atoms with van der Waals surface area (Å²) in [5, 5.41) is 33.0. The normalized spacial score (nSPS) is 24.6. The SMILES string of the molecule is CC(=NCC12CC3CC(C1)CC(OCCN(C)CCCO)(C3)C2)/C(=C\N)c1ccc(N2CCCc3c2nnc(Nc2nc4ccccc4s2)c3C)nc1C(=O)O. The van der Waals surface area contributed by atoms with Crippen LogP contribution in [0.25, 0.3) is 15.8 Å². The molecule has 14 heteroatoms. The van der Waals surface area contributed by atoms with E-state index in [0.717, 1.165) is 90.9 Å². The van der Waals surface area contributed by atoms with E-state index in [1.807, 2.05) is 49.1 Å². The Morgan fingerprint density at radius 1 is 1.14 bits per heavy atom. The number of nitrogens with zero attached hydrogens (tertiary/aromatic N) is 7. The van der Waals surface area contributed by atoms with E-state index in [1.54, 1.807) is 17.4 Å². The minimum atomic E-state index is -1.13. The fourth-order valence-corrected chi connectivity index (χ4v) is 11.2. The molecule has 4 bridgehead atoms. The van der Waals surface area contributed by atoms with E-state index >= 15 is 0 Å². The Balaban J connectivity index is 0.994. The van der Waals surface area contributed by atoms with E-state index in [1.165, 1.54) is 12.6 Å². The molecule has 0 amide bonds. The summed E-state index contributed by atoms with van der Waals surface area (Å²) in [5.41, 5.74) is 10.8. The number of carbonyl (C=O) groups is 1. The van der Waals surface area contributed by atoms with E-state index < -0.39 is 5.97 Å². The number of para-hydroxylation sites is 1. The zero-order chi connectivity index (χ0) is 39.0.